The normalized spacial score (nSPS) is 15.9. The maximum Gasteiger partial charge on any atom is 0.416 e. The second-order valence-electron chi connectivity index (χ2n) is 11.0. The number of benzene rings is 2. The first-order valence-electron chi connectivity index (χ1n) is 13.4. The van der Waals surface area contributed by atoms with Gasteiger partial charge < -0.3 is 19.9 Å². The molecule has 0 spiro atoms. The van der Waals surface area contributed by atoms with E-state index in [1.165, 1.54) is 17.8 Å². The monoisotopic (exact) mass is 563 g/mol. The number of rotatable bonds is 7. The zero-order valence-electron chi connectivity index (χ0n) is 22.6. The van der Waals surface area contributed by atoms with Crippen LogP contribution in [0.4, 0.5) is 29.3 Å². The first-order chi connectivity index (χ1) is 18.4. The van der Waals surface area contributed by atoms with E-state index in [1.54, 1.807) is 26.8 Å². The number of alkyl halides is 3. The number of nitrogens with one attached hydrogen (secondary N) is 1. The number of fused-ring (bicyclic) bond motifs is 2. The van der Waals surface area contributed by atoms with Gasteiger partial charge in [-0.3, -0.25) is 4.79 Å². The number of alkyl carbamates (subject to hydrolysis) is 1. The van der Waals surface area contributed by atoms with E-state index in [1.807, 2.05) is 34.1 Å². The number of likely N-dealkylation sites (tertiary alicyclic amines) is 1. The summed E-state index contributed by atoms with van der Waals surface area (Å²) in [6, 6.07) is 11.8. The first-order valence-corrected chi connectivity index (χ1v) is 14.2. The molecule has 2 amide bonds. The minimum atomic E-state index is -4.39. The molecule has 0 aromatic heterocycles. The zero-order chi connectivity index (χ0) is 28.2. The lowest BCUT2D eigenvalue weighted by Gasteiger charge is -2.35. The predicted molar refractivity (Wildman–Crippen MR) is 146 cm³/mol. The van der Waals surface area contributed by atoms with Gasteiger partial charge in [0, 0.05) is 42.4 Å². The van der Waals surface area contributed by atoms with Gasteiger partial charge in [0.25, 0.3) is 0 Å². The van der Waals surface area contributed by atoms with Crippen LogP contribution in [0.1, 0.15) is 58.4 Å². The number of hydrogen-bond acceptors (Lipinski definition) is 5. The van der Waals surface area contributed by atoms with E-state index >= 15 is 0 Å². The highest BCUT2D eigenvalue weighted by atomic mass is 32.2. The van der Waals surface area contributed by atoms with Gasteiger partial charge >= 0.3 is 12.3 Å². The summed E-state index contributed by atoms with van der Waals surface area (Å²) in [6.45, 7) is 7.58. The Bertz CT molecular complexity index is 1170. The highest BCUT2D eigenvalue weighted by molar-refractivity contribution is 7.99. The molecule has 0 radical (unpaired) electrons. The average molecular weight is 564 g/mol. The summed E-state index contributed by atoms with van der Waals surface area (Å²) in [5.74, 6) is 0.480. The third-order valence-corrected chi connectivity index (χ3v) is 8.05. The number of ether oxygens (including phenoxy) is 1. The number of carbonyl (C=O) groups is 2. The van der Waals surface area contributed by atoms with Gasteiger partial charge in [0.15, 0.2) is 0 Å². The van der Waals surface area contributed by atoms with Gasteiger partial charge in [0.2, 0.25) is 5.91 Å². The van der Waals surface area contributed by atoms with Crippen molar-refractivity contribution in [1.82, 2.24) is 10.2 Å². The molecular formula is C29H36F3N3O3S. The van der Waals surface area contributed by atoms with Crippen molar-refractivity contribution in [3.05, 3.63) is 48.0 Å². The SMILES string of the molecule is CC(C)(C)OC(=O)NCCC(=O)N1CCC(CCCN2c3ccccc3Sc3ccc(C(F)(F)F)cc32)CC1. The van der Waals surface area contributed by atoms with Crippen LogP contribution in [0.3, 0.4) is 0 Å². The van der Waals surface area contributed by atoms with E-state index in [-0.39, 0.29) is 18.9 Å². The van der Waals surface area contributed by atoms with E-state index in [0.717, 1.165) is 47.2 Å². The van der Waals surface area contributed by atoms with Crippen LogP contribution in [0, 0.1) is 5.92 Å². The van der Waals surface area contributed by atoms with Crippen LogP contribution in [0.2, 0.25) is 0 Å². The van der Waals surface area contributed by atoms with Crippen molar-refractivity contribution < 1.29 is 27.5 Å². The highest BCUT2D eigenvalue weighted by Gasteiger charge is 2.33. The molecule has 2 aliphatic rings. The molecular weight excluding hydrogens is 527 g/mol. The van der Waals surface area contributed by atoms with E-state index in [9.17, 15) is 22.8 Å². The average Bonchev–Trinajstić information content (AvgIpc) is 2.86. The molecule has 2 aliphatic heterocycles. The molecule has 0 atom stereocenters. The van der Waals surface area contributed by atoms with Crippen molar-refractivity contribution in [3.63, 3.8) is 0 Å². The maximum absolute atomic E-state index is 13.4. The molecule has 0 saturated carbocycles. The summed E-state index contributed by atoms with van der Waals surface area (Å²) in [5.41, 5.74) is 0.329. The summed E-state index contributed by atoms with van der Waals surface area (Å²) in [7, 11) is 0. The Hall–Kier alpha value is -2.88. The van der Waals surface area contributed by atoms with E-state index < -0.39 is 23.4 Å². The molecule has 2 heterocycles. The number of nitrogens with zero attached hydrogens (tertiary/aromatic N) is 2. The molecule has 4 rings (SSSR count). The minimum absolute atomic E-state index is 0.0176. The number of halogens is 3. The Morgan fingerprint density at radius 1 is 1.03 bits per heavy atom. The Labute approximate surface area is 232 Å². The van der Waals surface area contributed by atoms with Crippen LogP contribution in [-0.4, -0.2) is 48.7 Å². The van der Waals surface area contributed by atoms with Crippen LogP contribution in [0.25, 0.3) is 0 Å². The molecule has 1 N–H and O–H groups in total. The highest BCUT2D eigenvalue weighted by Crippen LogP contribution is 2.49. The fourth-order valence-electron chi connectivity index (χ4n) is 5.00. The third-order valence-electron chi connectivity index (χ3n) is 6.92. The molecule has 6 nitrogen and oxygen atoms in total. The first kappa shape index (κ1) is 29.1. The second kappa shape index (κ2) is 12.1. The van der Waals surface area contributed by atoms with Gasteiger partial charge in [0.1, 0.15) is 5.60 Å². The Balaban J connectivity index is 1.27. The van der Waals surface area contributed by atoms with Crippen molar-refractivity contribution >= 4 is 35.1 Å². The molecule has 10 heteroatoms. The Morgan fingerprint density at radius 3 is 2.41 bits per heavy atom. The van der Waals surface area contributed by atoms with Gasteiger partial charge in [-0.25, -0.2) is 4.79 Å². The lowest BCUT2D eigenvalue weighted by molar-refractivity contribution is -0.137. The lowest BCUT2D eigenvalue weighted by Crippen LogP contribution is -2.40. The summed E-state index contributed by atoms with van der Waals surface area (Å²) >= 11 is 1.50. The summed E-state index contributed by atoms with van der Waals surface area (Å²) < 4.78 is 45.5. The van der Waals surface area contributed by atoms with E-state index in [0.29, 0.717) is 31.2 Å². The fourth-order valence-corrected chi connectivity index (χ4v) is 6.08. The van der Waals surface area contributed by atoms with Gasteiger partial charge in [-0.05, 0) is 82.7 Å². The van der Waals surface area contributed by atoms with Crippen molar-refractivity contribution in [3.8, 4) is 0 Å². The van der Waals surface area contributed by atoms with Gasteiger partial charge in [-0.2, -0.15) is 13.2 Å². The molecule has 0 bridgehead atoms. The minimum Gasteiger partial charge on any atom is -0.444 e. The summed E-state index contributed by atoms with van der Waals surface area (Å²) in [6.07, 6.45) is -1.11. The van der Waals surface area contributed by atoms with Crippen molar-refractivity contribution in [2.75, 3.05) is 31.1 Å². The molecule has 0 unspecified atom stereocenters. The molecule has 39 heavy (non-hydrogen) atoms. The number of piperidine rings is 1. The predicted octanol–water partition coefficient (Wildman–Crippen LogP) is 7.24. The van der Waals surface area contributed by atoms with Gasteiger partial charge in [-0.1, -0.05) is 23.9 Å². The Morgan fingerprint density at radius 2 is 1.72 bits per heavy atom. The third kappa shape index (κ3) is 7.84. The molecule has 2 aromatic rings. The fraction of sp³-hybridized carbons (Fsp3) is 0.517. The van der Waals surface area contributed by atoms with Gasteiger partial charge in [0.05, 0.1) is 16.9 Å². The largest absolute Gasteiger partial charge is 0.444 e. The number of anilines is 2. The van der Waals surface area contributed by atoms with Crippen molar-refractivity contribution in [1.29, 1.82) is 0 Å². The Kier molecular flexibility index (Phi) is 9.03. The smallest absolute Gasteiger partial charge is 0.416 e. The van der Waals surface area contributed by atoms with Crippen LogP contribution in [0.5, 0.6) is 0 Å². The number of amides is 2. The number of para-hydroxylation sites is 1. The van der Waals surface area contributed by atoms with Crippen molar-refractivity contribution in [2.24, 2.45) is 5.92 Å². The molecule has 2 aromatic carbocycles. The van der Waals surface area contributed by atoms with Crippen LogP contribution >= 0.6 is 11.8 Å². The van der Waals surface area contributed by atoms with Crippen LogP contribution < -0.4 is 10.2 Å². The van der Waals surface area contributed by atoms with Gasteiger partial charge in [-0.15, -0.1) is 0 Å². The van der Waals surface area contributed by atoms with Crippen LogP contribution in [-0.2, 0) is 15.7 Å². The summed E-state index contributed by atoms with van der Waals surface area (Å²) in [4.78, 5) is 30.1. The molecule has 1 fully saturated rings. The lowest BCUT2D eigenvalue weighted by atomic mass is 9.92. The molecule has 212 valence electrons. The standard InChI is InChI=1S/C29H36F3N3O3S/c1-28(2,3)38-27(37)33-15-12-26(36)34-17-13-20(14-18-34)7-6-16-35-22-8-4-5-9-24(22)39-25-11-10-21(19-23(25)35)29(30,31)32/h4-5,8-11,19-20H,6-7,12-18H2,1-3H3,(H,33,37). The summed E-state index contributed by atoms with van der Waals surface area (Å²) in [5, 5.41) is 2.63. The molecule has 0 aliphatic carbocycles. The zero-order valence-corrected chi connectivity index (χ0v) is 23.5. The van der Waals surface area contributed by atoms with Crippen molar-refractivity contribution in [2.45, 2.75) is 74.4 Å². The number of carbonyl (C=O) groups excluding carboxylic acids is 2. The molecule has 1 saturated heterocycles. The number of hydrogen-bond donors (Lipinski definition) is 1. The van der Waals surface area contributed by atoms with E-state index in [4.69, 9.17) is 4.74 Å². The van der Waals surface area contributed by atoms with E-state index in [2.05, 4.69) is 5.32 Å². The maximum atomic E-state index is 13.4. The van der Waals surface area contributed by atoms with Crippen LogP contribution in [0.15, 0.2) is 52.3 Å². The topological polar surface area (TPSA) is 61.9 Å². The quantitative estimate of drug-likeness (QED) is 0.385. The second-order valence-corrected chi connectivity index (χ2v) is 12.1.